The maximum Gasteiger partial charge on any atom is 0.173 e. The van der Waals surface area contributed by atoms with Crippen molar-refractivity contribution in [2.75, 3.05) is 9.64 Å². The van der Waals surface area contributed by atoms with Gasteiger partial charge in [-0.05, 0) is 60.8 Å². The molecule has 132 valence electrons. The first kappa shape index (κ1) is 18.7. The minimum atomic E-state index is 0.0948. The van der Waals surface area contributed by atoms with Gasteiger partial charge in [0, 0.05) is 16.1 Å². The molecule has 0 heterocycles. The second-order valence-corrected chi connectivity index (χ2v) is 7.69. The molecule has 0 saturated heterocycles. The van der Waals surface area contributed by atoms with E-state index < -0.39 is 0 Å². The second kappa shape index (κ2) is 9.06. The lowest BCUT2D eigenvalue weighted by Crippen LogP contribution is -2.14. The normalized spacial score (nSPS) is 10.5. The molecule has 0 saturated carbocycles. The van der Waals surface area contributed by atoms with E-state index in [0.29, 0.717) is 5.33 Å². The number of aryl methyl sites for hydroxylation is 1. The molecule has 0 atom stereocenters. The molecule has 0 N–H and O–H groups in total. The standard InChI is InChI=1S/C22H20BrNOS/c1-17-7-13-21(14-8-17)26-24(16-18-5-3-2-4-6-18)20-11-9-19(10-12-20)22(25)15-23/h2-14H,15-16H2,1H3. The highest BCUT2D eigenvalue weighted by Gasteiger charge is 2.11. The van der Waals surface area contributed by atoms with E-state index in [2.05, 4.69) is 75.7 Å². The Morgan fingerprint density at radius 1 is 0.923 bits per heavy atom. The average molecular weight is 426 g/mol. The average Bonchev–Trinajstić information content (AvgIpc) is 2.69. The summed E-state index contributed by atoms with van der Waals surface area (Å²) in [5, 5.41) is 0.345. The van der Waals surface area contributed by atoms with Crippen molar-refractivity contribution in [1.29, 1.82) is 0 Å². The molecule has 3 aromatic carbocycles. The van der Waals surface area contributed by atoms with Crippen molar-refractivity contribution >= 4 is 39.3 Å². The third-order valence-corrected chi connectivity index (χ3v) is 5.56. The molecule has 0 aliphatic rings. The fourth-order valence-electron chi connectivity index (χ4n) is 2.54. The molecule has 0 amide bonds. The molecule has 0 fully saturated rings. The van der Waals surface area contributed by atoms with E-state index in [0.717, 1.165) is 17.8 Å². The lowest BCUT2D eigenvalue weighted by molar-refractivity contribution is 0.102. The molecule has 0 spiro atoms. The third kappa shape index (κ3) is 4.99. The lowest BCUT2D eigenvalue weighted by Gasteiger charge is -2.24. The highest BCUT2D eigenvalue weighted by atomic mass is 79.9. The van der Waals surface area contributed by atoms with Crippen molar-refractivity contribution in [2.24, 2.45) is 0 Å². The molecule has 0 aliphatic heterocycles. The first-order chi connectivity index (χ1) is 12.7. The van der Waals surface area contributed by atoms with E-state index in [1.54, 1.807) is 11.9 Å². The van der Waals surface area contributed by atoms with Crippen LogP contribution in [-0.2, 0) is 6.54 Å². The molecule has 26 heavy (non-hydrogen) atoms. The van der Waals surface area contributed by atoms with Gasteiger partial charge in [-0.1, -0.05) is 64.0 Å². The summed E-state index contributed by atoms with van der Waals surface area (Å²) in [4.78, 5) is 13.0. The topological polar surface area (TPSA) is 20.3 Å². The molecule has 0 aliphatic carbocycles. The Morgan fingerprint density at radius 2 is 1.58 bits per heavy atom. The van der Waals surface area contributed by atoms with E-state index in [-0.39, 0.29) is 5.78 Å². The summed E-state index contributed by atoms with van der Waals surface area (Å²) in [6.45, 7) is 2.88. The van der Waals surface area contributed by atoms with Crippen LogP contribution in [0.25, 0.3) is 0 Å². The van der Waals surface area contributed by atoms with Crippen LogP contribution in [0.1, 0.15) is 21.5 Å². The number of hydrogen-bond donors (Lipinski definition) is 0. The molecule has 2 nitrogen and oxygen atoms in total. The Bertz CT molecular complexity index is 848. The van der Waals surface area contributed by atoms with Crippen LogP contribution in [0.15, 0.2) is 83.8 Å². The van der Waals surface area contributed by atoms with Crippen LogP contribution in [0, 0.1) is 6.92 Å². The number of alkyl halides is 1. The van der Waals surface area contributed by atoms with Crippen LogP contribution in [0.5, 0.6) is 0 Å². The monoisotopic (exact) mass is 425 g/mol. The summed E-state index contributed by atoms with van der Waals surface area (Å²) >= 11 is 4.93. The number of carbonyl (C=O) groups is 1. The second-order valence-electron chi connectivity index (χ2n) is 6.03. The van der Waals surface area contributed by atoms with Gasteiger partial charge in [0.25, 0.3) is 0 Å². The fourth-order valence-corrected chi connectivity index (χ4v) is 3.82. The van der Waals surface area contributed by atoms with E-state index in [4.69, 9.17) is 0 Å². The maximum atomic E-state index is 11.8. The highest BCUT2D eigenvalue weighted by molar-refractivity contribution is 9.09. The van der Waals surface area contributed by atoms with Crippen molar-refractivity contribution in [3.63, 3.8) is 0 Å². The van der Waals surface area contributed by atoms with Gasteiger partial charge < -0.3 is 4.31 Å². The van der Waals surface area contributed by atoms with Crippen molar-refractivity contribution in [3.8, 4) is 0 Å². The first-order valence-corrected chi connectivity index (χ1v) is 10.3. The van der Waals surface area contributed by atoms with Crippen LogP contribution in [0.2, 0.25) is 0 Å². The number of halogens is 1. The molecule has 4 heteroatoms. The summed E-state index contributed by atoms with van der Waals surface area (Å²) in [6, 6.07) is 26.8. The molecular formula is C22H20BrNOS. The van der Waals surface area contributed by atoms with Gasteiger partial charge in [0.15, 0.2) is 5.78 Å². The summed E-state index contributed by atoms with van der Waals surface area (Å²) < 4.78 is 2.25. The molecule has 0 radical (unpaired) electrons. The summed E-state index contributed by atoms with van der Waals surface area (Å²) in [6.07, 6.45) is 0. The molecule has 3 aromatic rings. The third-order valence-electron chi connectivity index (χ3n) is 4.00. The number of hydrogen-bond acceptors (Lipinski definition) is 3. The van der Waals surface area contributed by atoms with Gasteiger partial charge in [-0.2, -0.15) is 0 Å². The minimum absolute atomic E-state index is 0.0948. The van der Waals surface area contributed by atoms with Crippen molar-refractivity contribution in [1.82, 2.24) is 0 Å². The smallest absolute Gasteiger partial charge is 0.173 e. The largest absolute Gasteiger partial charge is 0.308 e. The van der Waals surface area contributed by atoms with Crippen LogP contribution < -0.4 is 4.31 Å². The summed E-state index contributed by atoms with van der Waals surface area (Å²) in [5.74, 6) is 0.0948. The first-order valence-electron chi connectivity index (χ1n) is 8.41. The Hall–Kier alpha value is -2.04. The zero-order chi connectivity index (χ0) is 18.4. The highest BCUT2D eigenvalue weighted by Crippen LogP contribution is 2.31. The molecule has 0 unspecified atom stereocenters. The van der Waals surface area contributed by atoms with Gasteiger partial charge in [0.2, 0.25) is 0 Å². The summed E-state index contributed by atoms with van der Waals surface area (Å²) in [5.41, 5.74) is 4.30. The van der Waals surface area contributed by atoms with Gasteiger partial charge in [-0.15, -0.1) is 0 Å². The van der Waals surface area contributed by atoms with Crippen LogP contribution in [-0.4, -0.2) is 11.1 Å². The molecule has 0 bridgehead atoms. The Morgan fingerprint density at radius 3 is 2.19 bits per heavy atom. The number of anilines is 1. The van der Waals surface area contributed by atoms with Gasteiger partial charge in [-0.3, -0.25) is 4.79 Å². The Balaban J connectivity index is 1.86. The number of ketones is 1. The van der Waals surface area contributed by atoms with Gasteiger partial charge in [0.05, 0.1) is 11.9 Å². The number of carbonyl (C=O) groups excluding carboxylic acids is 1. The maximum absolute atomic E-state index is 11.8. The van der Waals surface area contributed by atoms with Crippen molar-refractivity contribution in [3.05, 3.63) is 95.6 Å². The van der Waals surface area contributed by atoms with Gasteiger partial charge in [-0.25, -0.2) is 0 Å². The van der Waals surface area contributed by atoms with Crippen molar-refractivity contribution in [2.45, 2.75) is 18.4 Å². The minimum Gasteiger partial charge on any atom is -0.308 e. The van der Waals surface area contributed by atoms with Crippen LogP contribution >= 0.6 is 27.9 Å². The quantitative estimate of drug-likeness (QED) is 0.252. The Labute approximate surface area is 167 Å². The van der Waals surface area contributed by atoms with E-state index in [9.17, 15) is 4.79 Å². The number of rotatable bonds is 7. The zero-order valence-corrected chi connectivity index (χ0v) is 17.0. The Kier molecular flexibility index (Phi) is 6.53. The zero-order valence-electron chi connectivity index (χ0n) is 14.6. The van der Waals surface area contributed by atoms with E-state index >= 15 is 0 Å². The molecule has 0 aromatic heterocycles. The number of nitrogens with zero attached hydrogens (tertiary/aromatic N) is 1. The summed E-state index contributed by atoms with van der Waals surface area (Å²) in [7, 11) is 0. The SMILES string of the molecule is Cc1ccc(SN(Cc2ccccc2)c2ccc(C(=O)CBr)cc2)cc1. The predicted molar refractivity (Wildman–Crippen MR) is 114 cm³/mol. The number of benzene rings is 3. The predicted octanol–water partition coefficient (Wildman–Crippen LogP) is 6.29. The lowest BCUT2D eigenvalue weighted by atomic mass is 10.1. The fraction of sp³-hybridized carbons (Fsp3) is 0.136. The number of Topliss-reactive ketones (excluding diaryl/α,β-unsaturated/α-hetero) is 1. The molecule has 3 rings (SSSR count). The molecular weight excluding hydrogens is 406 g/mol. The van der Waals surface area contributed by atoms with Gasteiger partial charge >= 0.3 is 0 Å². The van der Waals surface area contributed by atoms with Crippen LogP contribution in [0.3, 0.4) is 0 Å². The van der Waals surface area contributed by atoms with E-state index in [1.807, 2.05) is 30.3 Å². The van der Waals surface area contributed by atoms with Crippen LogP contribution in [0.4, 0.5) is 5.69 Å². The van der Waals surface area contributed by atoms with E-state index in [1.165, 1.54) is 16.0 Å². The van der Waals surface area contributed by atoms with Gasteiger partial charge in [0.1, 0.15) is 0 Å². The van der Waals surface area contributed by atoms with Crippen molar-refractivity contribution < 1.29 is 4.79 Å².